The predicted molar refractivity (Wildman–Crippen MR) is 95.6 cm³/mol. The number of nitrogens with two attached hydrogens (primary N) is 1. The third-order valence-electron chi connectivity index (χ3n) is 5.19. The topological polar surface area (TPSA) is 83.7 Å². The summed E-state index contributed by atoms with van der Waals surface area (Å²) in [6, 6.07) is 5.55. The number of primary amides is 1. The van der Waals surface area contributed by atoms with Gasteiger partial charge in [-0.15, -0.1) is 0 Å². The zero-order chi connectivity index (χ0) is 18.1. The molecule has 2 fully saturated rings. The highest BCUT2D eigenvalue weighted by molar-refractivity contribution is 6.33. The monoisotopic (exact) mass is 363 g/mol. The Morgan fingerprint density at radius 1 is 1.20 bits per heavy atom. The van der Waals surface area contributed by atoms with Gasteiger partial charge in [0.2, 0.25) is 11.8 Å². The van der Waals surface area contributed by atoms with Crippen molar-refractivity contribution in [3.8, 4) is 0 Å². The van der Waals surface area contributed by atoms with E-state index in [-0.39, 0.29) is 24.0 Å². The molecule has 1 saturated carbocycles. The first kappa shape index (κ1) is 17.7. The van der Waals surface area contributed by atoms with E-state index in [2.05, 4.69) is 4.90 Å². The first-order chi connectivity index (χ1) is 11.9. The Bertz CT molecular complexity index is 714. The molecule has 2 amide bonds. The summed E-state index contributed by atoms with van der Waals surface area (Å²) in [5, 5.41) is 0.587. The van der Waals surface area contributed by atoms with Gasteiger partial charge in [-0.05, 0) is 18.1 Å². The molecule has 2 N–H and O–H groups in total. The van der Waals surface area contributed by atoms with Crippen LogP contribution in [0.2, 0.25) is 5.02 Å². The van der Waals surface area contributed by atoms with Crippen LogP contribution in [0.3, 0.4) is 0 Å². The second-order valence-corrected chi connectivity index (χ2v) is 7.14. The second kappa shape index (κ2) is 7.04. The largest absolute Gasteiger partial charge is 0.369 e. The number of amides is 2. The van der Waals surface area contributed by atoms with Gasteiger partial charge in [0.15, 0.2) is 0 Å². The third-order valence-corrected chi connectivity index (χ3v) is 5.50. The van der Waals surface area contributed by atoms with Crippen LogP contribution < -0.4 is 10.6 Å². The first-order valence-corrected chi connectivity index (χ1v) is 8.87. The molecule has 2 atom stereocenters. The Hall–Kier alpha value is -2.08. The van der Waals surface area contributed by atoms with E-state index in [0.717, 1.165) is 11.3 Å². The number of halogens is 1. The number of hydrogen-bond acceptors (Lipinski definition) is 4. The molecular formula is C18H22ClN3O3. The molecule has 0 unspecified atom stereocenters. The number of hydrogen-bond donors (Lipinski definition) is 1. The number of anilines is 1. The maximum Gasteiger partial charge on any atom is 0.221 e. The van der Waals surface area contributed by atoms with E-state index in [4.69, 9.17) is 17.3 Å². The number of ketones is 1. The second-order valence-electron chi connectivity index (χ2n) is 6.73. The van der Waals surface area contributed by atoms with Gasteiger partial charge in [-0.3, -0.25) is 14.4 Å². The number of benzene rings is 1. The summed E-state index contributed by atoms with van der Waals surface area (Å²) in [7, 11) is 0. The van der Waals surface area contributed by atoms with Crippen molar-refractivity contribution in [3.05, 3.63) is 28.8 Å². The van der Waals surface area contributed by atoms with E-state index in [1.54, 1.807) is 11.8 Å². The van der Waals surface area contributed by atoms with Crippen molar-refractivity contribution in [1.82, 2.24) is 4.90 Å². The highest BCUT2D eigenvalue weighted by Gasteiger charge is 2.38. The molecule has 1 aromatic carbocycles. The van der Waals surface area contributed by atoms with Gasteiger partial charge < -0.3 is 15.5 Å². The van der Waals surface area contributed by atoms with Crippen LogP contribution in [0.5, 0.6) is 0 Å². The molecule has 134 valence electrons. The molecular weight excluding hydrogens is 342 g/mol. The van der Waals surface area contributed by atoms with E-state index in [1.165, 1.54) is 0 Å². The molecule has 6 nitrogen and oxygen atoms in total. The number of piperazine rings is 1. The lowest BCUT2D eigenvalue weighted by molar-refractivity contribution is -0.129. The van der Waals surface area contributed by atoms with E-state index >= 15 is 0 Å². The van der Waals surface area contributed by atoms with Gasteiger partial charge >= 0.3 is 0 Å². The Labute approximate surface area is 151 Å². The Balaban J connectivity index is 1.87. The average Bonchev–Trinajstić information content (AvgIpc) is 2.97. The van der Waals surface area contributed by atoms with Crippen LogP contribution in [0.1, 0.15) is 31.2 Å². The van der Waals surface area contributed by atoms with Gasteiger partial charge in [-0.25, -0.2) is 0 Å². The zero-order valence-corrected chi connectivity index (χ0v) is 15.0. The Morgan fingerprint density at radius 2 is 1.88 bits per heavy atom. The summed E-state index contributed by atoms with van der Waals surface area (Å²) in [5.41, 5.74) is 7.09. The van der Waals surface area contributed by atoms with Crippen molar-refractivity contribution in [2.24, 2.45) is 11.7 Å². The minimum Gasteiger partial charge on any atom is -0.369 e. The van der Waals surface area contributed by atoms with E-state index < -0.39 is 11.8 Å². The van der Waals surface area contributed by atoms with Gasteiger partial charge in [-0.1, -0.05) is 23.7 Å². The van der Waals surface area contributed by atoms with Crippen LogP contribution in [-0.4, -0.2) is 48.7 Å². The number of rotatable bonds is 3. The number of Topliss-reactive ketones (excluding diaryl/α,β-unsaturated/α-hetero) is 1. The van der Waals surface area contributed by atoms with Crippen LogP contribution >= 0.6 is 11.6 Å². The highest BCUT2D eigenvalue weighted by Crippen LogP contribution is 2.42. The highest BCUT2D eigenvalue weighted by atomic mass is 35.5. The standard InChI is InChI=1S/C18H22ClN3O3/c1-11(23)21-5-7-22(8-6-21)17-13(3-2-4-15(17)19)14-9-12(18(20)25)10-16(14)24/h2-4,12,14H,5-10H2,1H3,(H2,20,25)/t12-,14-/m0/s1. The minimum atomic E-state index is -0.422. The van der Waals surface area contributed by atoms with Gasteiger partial charge in [0.25, 0.3) is 0 Å². The van der Waals surface area contributed by atoms with E-state index in [9.17, 15) is 14.4 Å². The number of carbonyl (C=O) groups excluding carboxylic acids is 3. The smallest absolute Gasteiger partial charge is 0.221 e. The van der Waals surface area contributed by atoms with Crippen molar-refractivity contribution < 1.29 is 14.4 Å². The number of para-hydroxylation sites is 1. The molecule has 0 radical (unpaired) electrons. The summed E-state index contributed by atoms with van der Waals surface area (Å²) < 4.78 is 0. The molecule has 0 bridgehead atoms. The average molecular weight is 364 g/mol. The first-order valence-electron chi connectivity index (χ1n) is 8.49. The van der Waals surface area contributed by atoms with E-state index in [0.29, 0.717) is 37.6 Å². The normalized spacial score (nSPS) is 23.8. The molecule has 2 aliphatic rings. The summed E-state index contributed by atoms with van der Waals surface area (Å²) in [5.74, 6) is -1.07. The lowest BCUT2D eigenvalue weighted by atomic mass is 9.93. The Kier molecular flexibility index (Phi) is 4.99. The summed E-state index contributed by atoms with van der Waals surface area (Å²) >= 11 is 6.46. The van der Waals surface area contributed by atoms with Gasteiger partial charge in [-0.2, -0.15) is 0 Å². The lowest BCUT2D eigenvalue weighted by Crippen LogP contribution is -2.48. The quantitative estimate of drug-likeness (QED) is 0.883. The van der Waals surface area contributed by atoms with Crippen LogP contribution in [0.25, 0.3) is 0 Å². The van der Waals surface area contributed by atoms with Crippen LogP contribution in [-0.2, 0) is 14.4 Å². The zero-order valence-electron chi connectivity index (χ0n) is 14.2. The fourth-order valence-electron chi connectivity index (χ4n) is 3.79. The van der Waals surface area contributed by atoms with Crippen LogP contribution in [0.4, 0.5) is 5.69 Å². The SMILES string of the molecule is CC(=O)N1CCN(c2c(Cl)cccc2[C@@H]2C[C@H](C(N)=O)CC2=O)CC1. The number of nitrogens with zero attached hydrogens (tertiary/aromatic N) is 2. The summed E-state index contributed by atoms with van der Waals surface area (Å²) in [4.78, 5) is 39.4. The van der Waals surface area contributed by atoms with Gasteiger partial charge in [0.1, 0.15) is 5.78 Å². The van der Waals surface area contributed by atoms with Crippen molar-refractivity contribution in [2.75, 3.05) is 31.1 Å². The Morgan fingerprint density at radius 3 is 2.44 bits per heavy atom. The molecule has 0 spiro atoms. The van der Waals surface area contributed by atoms with Gasteiger partial charge in [0, 0.05) is 51.4 Å². The van der Waals surface area contributed by atoms with Gasteiger partial charge in [0.05, 0.1) is 10.7 Å². The fourth-order valence-corrected chi connectivity index (χ4v) is 4.09. The van der Waals surface area contributed by atoms with E-state index in [1.807, 2.05) is 18.2 Å². The van der Waals surface area contributed by atoms with Crippen molar-refractivity contribution in [3.63, 3.8) is 0 Å². The molecule has 1 saturated heterocycles. The van der Waals surface area contributed by atoms with Crippen LogP contribution in [0.15, 0.2) is 18.2 Å². The van der Waals surface area contributed by atoms with Crippen LogP contribution in [0, 0.1) is 5.92 Å². The fraction of sp³-hybridized carbons (Fsp3) is 0.500. The number of carbonyl (C=O) groups is 3. The van der Waals surface area contributed by atoms with Crippen molar-refractivity contribution in [1.29, 1.82) is 0 Å². The maximum atomic E-state index is 12.5. The molecule has 3 rings (SSSR count). The summed E-state index contributed by atoms with van der Waals surface area (Å²) in [6.45, 7) is 4.15. The predicted octanol–water partition coefficient (Wildman–Crippen LogP) is 1.56. The van der Waals surface area contributed by atoms with Crippen molar-refractivity contribution in [2.45, 2.75) is 25.7 Å². The minimum absolute atomic E-state index is 0.0367. The van der Waals surface area contributed by atoms with Crippen molar-refractivity contribution >= 4 is 34.9 Å². The summed E-state index contributed by atoms with van der Waals surface area (Å²) in [6.07, 6.45) is 0.638. The molecule has 1 heterocycles. The molecule has 1 aliphatic heterocycles. The molecule has 1 aliphatic carbocycles. The third kappa shape index (κ3) is 3.49. The lowest BCUT2D eigenvalue weighted by Gasteiger charge is -2.37. The molecule has 7 heteroatoms. The molecule has 25 heavy (non-hydrogen) atoms. The maximum absolute atomic E-state index is 12.5. The molecule has 0 aromatic heterocycles. The molecule has 1 aromatic rings.